The summed E-state index contributed by atoms with van der Waals surface area (Å²) in [4.78, 5) is 14.7. The van der Waals surface area contributed by atoms with Crippen LogP contribution >= 0.6 is 11.6 Å². The molecule has 0 N–H and O–H groups in total. The number of rotatable bonds is 4. The van der Waals surface area contributed by atoms with Gasteiger partial charge < -0.3 is 4.90 Å². The predicted octanol–water partition coefficient (Wildman–Crippen LogP) is 3.14. The Morgan fingerprint density at radius 1 is 1.12 bits per heavy atom. The van der Waals surface area contributed by atoms with Gasteiger partial charge in [0.25, 0.3) is 0 Å². The van der Waals surface area contributed by atoms with Crippen LogP contribution in [-0.2, 0) is 20.6 Å². The van der Waals surface area contributed by atoms with Crippen LogP contribution in [0.25, 0.3) is 0 Å². The van der Waals surface area contributed by atoms with Gasteiger partial charge >= 0.3 is 0 Å². The van der Waals surface area contributed by atoms with Crippen LogP contribution in [0.3, 0.4) is 0 Å². The van der Waals surface area contributed by atoms with Crippen molar-refractivity contribution in [3.63, 3.8) is 0 Å². The maximum atomic E-state index is 12.7. The molecule has 0 bridgehead atoms. The van der Waals surface area contributed by atoms with E-state index in [0.29, 0.717) is 36.9 Å². The molecule has 2 aliphatic heterocycles. The highest BCUT2D eigenvalue weighted by molar-refractivity contribution is 7.88. The van der Waals surface area contributed by atoms with Crippen LogP contribution < -0.4 is 0 Å². The highest BCUT2D eigenvalue weighted by Gasteiger charge is 2.34. The molecule has 0 aliphatic carbocycles. The third kappa shape index (κ3) is 4.78. The number of likely N-dealkylation sites (tertiary alicyclic amines) is 1. The average Bonchev–Trinajstić information content (AvgIpc) is 2.63. The van der Waals surface area contributed by atoms with Crippen LogP contribution in [0.4, 0.5) is 0 Å². The van der Waals surface area contributed by atoms with Crippen LogP contribution in [0.15, 0.2) is 24.3 Å². The lowest BCUT2D eigenvalue weighted by atomic mass is 9.93. The van der Waals surface area contributed by atoms with Crippen molar-refractivity contribution >= 4 is 27.5 Å². The molecule has 0 aromatic heterocycles. The first kappa shape index (κ1) is 19.6. The standard InChI is InChI=1S/C19H27ClN2O3S/c1-15-3-2-10-21(13-15)19(23)17-8-11-22(12-9-17)26(24,25)14-16-4-6-18(20)7-5-16/h4-7,15,17H,2-3,8-14H2,1H3/t15-/m1/s1. The Bertz CT molecular complexity index is 728. The number of halogens is 1. The SMILES string of the molecule is C[C@@H]1CCCN(C(=O)C2CCN(S(=O)(=O)Cc3ccc(Cl)cc3)CC2)C1. The second-order valence-corrected chi connectivity index (χ2v) is 9.99. The Labute approximate surface area is 161 Å². The van der Waals surface area contributed by atoms with Gasteiger partial charge in [-0.05, 0) is 49.3 Å². The van der Waals surface area contributed by atoms with Crippen molar-refractivity contribution in [1.29, 1.82) is 0 Å². The molecular formula is C19H27ClN2O3S. The molecule has 1 aromatic rings. The molecule has 2 heterocycles. The third-order valence-electron chi connectivity index (χ3n) is 5.43. The van der Waals surface area contributed by atoms with E-state index in [4.69, 9.17) is 11.6 Å². The van der Waals surface area contributed by atoms with Gasteiger partial charge in [0.1, 0.15) is 0 Å². The monoisotopic (exact) mass is 398 g/mol. The van der Waals surface area contributed by atoms with E-state index in [-0.39, 0.29) is 17.6 Å². The summed E-state index contributed by atoms with van der Waals surface area (Å²) >= 11 is 5.85. The zero-order chi connectivity index (χ0) is 18.7. The smallest absolute Gasteiger partial charge is 0.225 e. The molecule has 0 saturated carbocycles. The Morgan fingerprint density at radius 2 is 1.77 bits per heavy atom. The van der Waals surface area contributed by atoms with Crippen molar-refractivity contribution in [1.82, 2.24) is 9.21 Å². The van der Waals surface area contributed by atoms with Crippen molar-refractivity contribution in [2.75, 3.05) is 26.2 Å². The van der Waals surface area contributed by atoms with Crippen molar-refractivity contribution in [3.05, 3.63) is 34.9 Å². The zero-order valence-corrected chi connectivity index (χ0v) is 16.8. The summed E-state index contributed by atoms with van der Waals surface area (Å²) in [7, 11) is -3.37. The van der Waals surface area contributed by atoms with Gasteiger partial charge in [-0.25, -0.2) is 12.7 Å². The lowest BCUT2D eigenvalue weighted by molar-refractivity contribution is -0.138. The van der Waals surface area contributed by atoms with Crippen LogP contribution in [0, 0.1) is 11.8 Å². The fourth-order valence-corrected chi connectivity index (χ4v) is 5.60. The molecule has 0 radical (unpaired) electrons. The first-order valence-electron chi connectivity index (χ1n) is 9.36. The number of hydrogen-bond acceptors (Lipinski definition) is 3. The average molecular weight is 399 g/mol. The van der Waals surface area contributed by atoms with Crippen molar-refractivity contribution in [2.24, 2.45) is 11.8 Å². The van der Waals surface area contributed by atoms with E-state index < -0.39 is 10.0 Å². The van der Waals surface area contributed by atoms with Crippen molar-refractivity contribution in [2.45, 2.75) is 38.4 Å². The minimum Gasteiger partial charge on any atom is -0.342 e. The summed E-state index contributed by atoms with van der Waals surface area (Å²) in [5.41, 5.74) is 0.731. The number of carbonyl (C=O) groups excluding carboxylic acids is 1. The number of amides is 1. The van der Waals surface area contributed by atoms with Gasteiger partial charge in [0.05, 0.1) is 5.75 Å². The third-order valence-corrected chi connectivity index (χ3v) is 7.53. The molecule has 7 heteroatoms. The minimum atomic E-state index is -3.37. The van der Waals surface area contributed by atoms with Crippen molar-refractivity contribution < 1.29 is 13.2 Å². The molecular weight excluding hydrogens is 372 g/mol. The van der Waals surface area contributed by atoms with E-state index in [1.165, 1.54) is 10.7 Å². The molecule has 26 heavy (non-hydrogen) atoms. The summed E-state index contributed by atoms with van der Waals surface area (Å²) in [6, 6.07) is 6.90. The second-order valence-electron chi connectivity index (χ2n) is 7.59. The van der Waals surface area contributed by atoms with E-state index in [2.05, 4.69) is 6.92 Å². The van der Waals surface area contributed by atoms with Gasteiger partial charge in [0.15, 0.2) is 0 Å². The first-order valence-corrected chi connectivity index (χ1v) is 11.3. The fourth-order valence-electron chi connectivity index (χ4n) is 3.91. The Hall–Kier alpha value is -1.11. The molecule has 1 atom stereocenters. The Balaban J connectivity index is 1.55. The second kappa shape index (κ2) is 8.28. The van der Waals surface area contributed by atoms with Gasteiger partial charge in [0.2, 0.25) is 15.9 Å². The van der Waals surface area contributed by atoms with Crippen LogP contribution in [0.2, 0.25) is 5.02 Å². The maximum absolute atomic E-state index is 12.7. The number of carbonyl (C=O) groups is 1. The molecule has 144 valence electrons. The molecule has 1 amide bonds. The largest absolute Gasteiger partial charge is 0.342 e. The summed E-state index contributed by atoms with van der Waals surface area (Å²) in [5.74, 6) is 0.716. The minimum absolute atomic E-state index is 0.0214. The fraction of sp³-hybridized carbons (Fsp3) is 0.632. The maximum Gasteiger partial charge on any atom is 0.225 e. The molecule has 5 nitrogen and oxygen atoms in total. The lowest BCUT2D eigenvalue weighted by Gasteiger charge is -2.36. The molecule has 3 rings (SSSR count). The quantitative estimate of drug-likeness (QED) is 0.782. The zero-order valence-electron chi connectivity index (χ0n) is 15.2. The highest BCUT2D eigenvalue weighted by Crippen LogP contribution is 2.26. The molecule has 0 spiro atoms. The topological polar surface area (TPSA) is 57.7 Å². The van der Waals surface area contributed by atoms with Gasteiger partial charge in [-0.1, -0.05) is 30.7 Å². The number of piperidine rings is 2. The van der Waals surface area contributed by atoms with Gasteiger partial charge in [-0.2, -0.15) is 0 Å². The number of nitrogens with zero attached hydrogens (tertiary/aromatic N) is 2. The molecule has 0 unspecified atom stereocenters. The summed E-state index contributed by atoms with van der Waals surface area (Å²) < 4.78 is 26.8. The van der Waals surface area contributed by atoms with E-state index in [1.54, 1.807) is 24.3 Å². The number of hydrogen-bond donors (Lipinski definition) is 0. The lowest BCUT2D eigenvalue weighted by Crippen LogP contribution is -2.47. The molecule has 2 saturated heterocycles. The van der Waals surface area contributed by atoms with Crippen molar-refractivity contribution in [3.8, 4) is 0 Å². The molecule has 2 aliphatic rings. The number of benzene rings is 1. The first-order chi connectivity index (χ1) is 12.3. The van der Waals surface area contributed by atoms with E-state index in [0.717, 1.165) is 25.1 Å². The van der Waals surface area contributed by atoms with Crippen LogP contribution in [-0.4, -0.2) is 49.7 Å². The highest BCUT2D eigenvalue weighted by atomic mass is 35.5. The molecule has 2 fully saturated rings. The van der Waals surface area contributed by atoms with Gasteiger partial charge in [-0.3, -0.25) is 4.79 Å². The normalized spacial score (nSPS) is 23.2. The summed E-state index contributed by atoms with van der Waals surface area (Å²) in [6.07, 6.45) is 3.49. The predicted molar refractivity (Wildman–Crippen MR) is 103 cm³/mol. The Kier molecular flexibility index (Phi) is 6.25. The van der Waals surface area contributed by atoms with Gasteiger partial charge in [0, 0.05) is 37.1 Å². The Morgan fingerprint density at radius 3 is 2.38 bits per heavy atom. The van der Waals surface area contributed by atoms with E-state index >= 15 is 0 Å². The van der Waals surface area contributed by atoms with E-state index in [1.807, 2.05) is 4.90 Å². The van der Waals surface area contributed by atoms with Crippen LogP contribution in [0.5, 0.6) is 0 Å². The van der Waals surface area contributed by atoms with Crippen LogP contribution in [0.1, 0.15) is 38.2 Å². The summed E-state index contributed by atoms with van der Waals surface area (Å²) in [5, 5.41) is 0.595. The number of sulfonamides is 1. The summed E-state index contributed by atoms with van der Waals surface area (Å²) in [6.45, 7) is 4.73. The van der Waals surface area contributed by atoms with E-state index in [9.17, 15) is 13.2 Å². The van der Waals surface area contributed by atoms with Gasteiger partial charge in [-0.15, -0.1) is 0 Å². The molecule has 1 aromatic carbocycles.